The monoisotopic (exact) mass is 253 g/mol. The molecule has 2 aliphatic rings. The number of rotatable bonds is 4. The van der Waals surface area contributed by atoms with Crippen LogP contribution in [0.3, 0.4) is 0 Å². The number of nitrogens with one attached hydrogen (secondary N) is 1. The molecular formula is C13H23N3O2. The molecule has 0 heterocycles. The Morgan fingerprint density at radius 1 is 1.39 bits per heavy atom. The van der Waals surface area contributed by atoms with Crippen molar-refractivity contribution < 1.29 is 10.0 Å². The number of hydrogen-bond acceptors (Lipinski definition) is 3. The zero-order valence-corrected chi connectivity index (χ0v) is 11.0. The lowest BCUT2D eigenvalue weighted by molar-refractivity contribution is -0.123. The molecule has 0 aromatic rings. The first-order valence-corrected chi connectivity index (χ1v) is 6.91. The summed E-state index contributed by atoms with van der Waals surface area (Å²) in [6, 6.07) is 0. The van der Waals surface area contributed by atoms with Crippen LogP contribution in [0.5, 0.6) is 0 Å². The van der Waals surface area contributed by atoms with Gasteiger partial charge in [0.05, 0.1) is 0 Å². The average molecular weight is 253 g/mol. The Bertz CT molecular complexity index is 342. The summed E-state index contributed by atoms with van der Waals surface area (Å²) < 4.78 is 0. The summed E-state index contributed by atoms with van der Waals surface area (Å²) in [4.78, 5) is 11.9. The number of amidine groups is 1. The fourth-order valence-corrected chi connectivity index (χ4v) is 2.80. The Labute approximate surface area is 108 Å². The predicted molar refractivity (Wildman–Crippen MR) is 69.3 cm³/mol. The van der Waals surface area contributed by atoms with Gasteiger partial charge in [-0.1, -0.05) is 18.5 Å². The number of carbonyl (C=O) groups is 1. The molecule has 0 spiro atoms. The van der Waals surface area contributed by atoms with Crippen LogP contribution in [0.2, 0.25) is 0 Å². The molecule has 0 aromatic carbocycles. The van der Waals surface area contributed by atoms with E-state index >= 15 is 0 Å². The first-order chi connectivity index (χ1) is 8.61. The third-order valence-electron chi connectivity index (χ3n) is 4.44. The summed E-state index contributed by atoms with van der Waals surface area (Å²) in [6.45, 7) is 2.18. The Hall–Kier alpha value is -1.26. The molecule has 5 heteroatoms. The second-order valence-electron chi connectivity index (χ2n) is 5.68. The normalized spacial score (nSPS) is 33.2. The second-order valence-corrected chi connectivity index (χ2v) is 5.68. The molecule has 102 valence electrons. The minimum atomic E-state index is -0.611. The molecule has 0 aliphatic heterocycles. The first kappa shape index (κ1) is 13.2. The highest BCUT2D eigenvalue weighted by molar-refractivity contribution is 5.94. The second kappa shape index (κ2) is 5.16. The molecular weight excluding hydrogens is 230 g/mol. The van der Waals surface area contributed by atoms with E-state index < -0.39 is 5.54 Å². The number of hydrogen-bond donors (Lipinski definition) is 3. The van der Waals surface area contributed by atoms with Crippen molar-refractivity contribution in [1.29, 1.82) is 0 Å². The van der Waals surface area contributed by atoms with Gasteiger partial charge in [-0.15, -0.1) is 0 Å². The first-order valence-electron chi connectivity index (χ1n) is 6.91. The van der Waals surface area contributed by atoms with Crippen LogP contribution in [0, 0.1) is 11.8 Å². The molecule has 0 aromatic heterocycles. The maximum atomic E-state index is 11.9. The summed E-state index contributed by atoms with van der Waals surface area (Å²) in [5.41, 5.74) is 5.21. The minimum absolute atomic E-state index is 0.0662. The zero-order chi connectivity index (χ0) is 13.2. The summed E-state index contributed by atoms with van der Waals surface area (Å²) >= 11 is 0. The van der Waals surface area contributed by atoms with Crippen LogP contribution in [-0.2, 0) is 4.79 Å². The summed E-state index contributed by atoms with van der Waals surface area (Å²) in [5, 5.41) is 15.1. The molecule has 2 saturated carbocycles. The molecule has 2 fully saturated rings. The van der Waals surface area contributed by atoms with Crippen molar-refractivity contribution in [2.45, 2.75) is 57.4 Å². The van der Waals surface area contributed by atoms with Gasteiger partial charge in [-0.2, -0.15) is 0 Å². The summed E-state index contributed by atoms with van der Waals surface area (Å²) in [5.74, 6) is 1.07. The van der Waals surface area contributed by atoms with Crippen molar-refractivity contribution in [2.24, 2.45) is 22.7 Å². The fraction of sp³-hybridized carbons (Fsp3) is 0.846. The Balaban J connectivity index is 2.06. The molecule has 4 N–H and O–H groups in total. The third kappa shape index (κ3) is 2.60. The molecule has 0 radical (unpaired) electrons. The van der Waals surface area contributed by atoms with E-state index in [1.807, 2.05) is 0 Å². The average Bonchev–Trinajstić information content (AvgIpc) is 3.23. The van der Waals surface area contributed by atoms with Gasteiger partial charge in [-0.25, -0.2) is 0 Å². The van der Waals surface area contributed by atoms with Crippen molar-refractivity contribution in [3.63, 3.8) is 0 Å². The van der Waals surface area contributed by atoms with Gasteiger partial charge in [-0.3, -0.25) is 4.79 Å². The van der Waals surface area contributed by atoms with E-state index in [1.165, 1.54) is 0 Å². The lowest BCUT2D eigenvalue weighted by atomic mass is 9.75. The van der Waals surface area contributed by atoms with Gasteiger partial charge in [-0.05, 0) is 44.4 Å². The van der Waals surface area contributed by atoms with Gasteiger partial charge >= 0.3 is 0 Å². The highest BCUT2D eigenvalue weighted by Crippen LogP contribution is 2.36. The molecule has 0 bridgehead atoms. The third-order valence-corrected chi connectivity index (χ3v) is 4.44. The number of amides is 1. The summed E-state index contributed by atoms with van der Waals surface area (Å²) in [6.07, 6.45) is 6.70. The fourth-order valence-electron chi connectivity index (χ4n) is 2.80. The Kier molecular flexibility index (Phi) is 3.78. The molecule has 2 aliphatic carbocycles. The molecule has 1 amide bonds. The van der Waals surface area contributed by atoms with Crippen molar-refractivity contribution in [3.05, 3.63) is 0 Å². The van der Waals surface area contributed by atoms with Crippen LogP contribution in [0.25, 0.3) is 0 Å². The van der Waals surface area contributed by atoms with Crippen LogP contribution in [0.1, 0.15) is 51.9 Å². The number of nitrogens with zero attached hydrogens (tertiary/aromatic N) is 1. The smallest absolute Gasteiger partial charge is 0.223 e. The number of nitrogens with two attached hydrogens (primary N) is 1. The van der Waals surface area contributed by atoms with Crippen molar-refractivity contribution in [1.82, 2.24) is 5.32 Å². The number of carbonyl (C=O) groups excluding carboxylic acids is 1. The van der Waals surface area contributed by atoms with Crippen LogP contribution in [0.4, 0.5) is 0 Å². The molecule has 5 nitrogen and oxygen atoms in total. The maximum Gasteiger partial charge on any atom is 0.223 e. The van der Waals surface area contributed by atoms with E-state index in [9.17, 15) is 4.79 Å². The van der Waals surface area contributed by atoms with E-state index in [2.05, 4.69) is 17.4 Å². The zero-order valence-electron chi connectivity index (χ0n) is 11.0. The molecule has 0 unspecified atom stereocenters. The molecule has 0 saturated heterocycles. The Morgan fingerprint density at radius 3 is 2.44 bits per heavy atom. The number of oxime groups is 1. The van der Waals surface area contributed by atoms with Gasteiger partial charge < -0.3 is 16.3 Å². The van der Waals surface area contributed by atoms with Crippen molar-refractivity contribution >= 4 is 11.7 Å². The quantitative estimate of drug-likeness (QED) is 0.308. The molecule has 18 heavy (non-hydrogen) atoms. The van der Waals surface area contributed by atoms with E-state index in [-0.39, 0.29) is 17.7 Å². The van der Waals surface area contributed by atoms with Gasteiger partial charge in [0, 0.05) is 5.92 Å². The van der Waals surface area contributed by atoms with Crippen LogP contribution in [0.15, 0.2) is 5.16 Å². The van der Waals surface area contributed by atoms with Crippen LogP contribution < -0.4 is 11.1 Å². The minimum Gasteiger partial charge on any atom is -0.409 e. The maximum absolute atomic E-state index is 11.9. The van der Waals surface area contributed by atoms with Gasteiger partial charge in [0.25, 0.3) is 0 Å². The highest BCUT2D eigenvalue weighted by Gasteiger charge is 2.43. The van der Waals surface area contributed by atoms with Gasteiger partial charge in [0.15, 0.2) is 5.84 Å². The van der Waals surface area contributed by atoms with E-state index in [1.54, 1.807) is 0 Å². The lowest BCUT2D eigenvalue weighted by Gasteiger charge is -2.39. The Morgan fingerprint density at radius 2 is 2.00 bits per heavy atom. The lowest BCUT2D eigenvalue weighted by Crippen LogP contribution is -2.59. The highest BCUT2D eigenvalue weighted by atomic mass is 16.4. The van der Waals surface area contributed by atoms with E-state index in [4.69, 9.17) is 10.9 Å². The predicted octanol–water partition coefficient (Wildman–Crippen LogP) is 1.60. The molecule has 2 rings (SSSR count). The molecule has 0 atom stereocenters. The van der Waals surface area contributed by atoms with Crippen LogP contribution >= 0.6 is 0 Å². The topological polar surface area (TPSA) is 87.7 Å². The van der Waals surface area contributed by atoms with E-state index in [0.717, 1.165) is 44.9 Å². The summed E-state index contributed by atoms with van der Waals surface area (Å²) in [7, 11) is 0. The SMILES string of the molecule is CCC1CCC(NC(=O)C2CC2)(/C(N)=N/O)CC1. The largest absolute Gasteiger partial charge is 0.409 e. The van der Waals surface area contributed by atoms with Gasteiger partial charge in [0.1, 0.15) is 5.54 Å². The standard InChI is InChI=1S/C13H23N3O2/c1-2-9-5-7-13(8-6-9,12(14)16-18)15-11(17)10-3-4-10/h9-10,18H,2-8H2,1H3,(H2,14,16)(H,15,17). The van der Waals surface area contributed by atoms with Crippen molar-refractivity contribution in [2.75, 3.05) is 0 Å². The van der Waals surface area contributed by atoms with Crippen molar-refractivity contribution in [3.8, 4) is 0 Å². The van der Waals surface area contributed by atoms with E-state index in [0.29, 0.717) is 5.92 Å². The van der Waals surface area contributed by atoms with Gasteiger partial charge in [0.2, 0.25) is 5.91 Å². The van der Waals surface area contributed by atoms with Crippen LogP contribution in [-0.4, -0.2) is 22.5 Å².